The maximum atomic E-state index is 13.0. The van der Waals surface area contributed by atoms with Gasteiger partial charge in [-0.15, -0.1) is 0 Å². The lowest BCUT2D eigenvalue weighted by atomic mass is 10.1. The van der Waals surface area contributed by atoms with Crippen LogP contribution in [0.4, 0.5) is 5.82 Å². The normalized spacial score (nSPS) is 15.1. The monoisotopic (exact) mass is 405 g/mol. The van der Waals surface area contributed by atoms with Gasteiger partial charge < -0.3 is 15.2 Å². The minimum Gasteiger partial charge on any atom is -0.495 e. The van der Waals surface area contributed by atoms with Crippen LogP contribution in [0.3, 0.4) is 0 Å². The number of hydrogen-bond acceptors (Lipinski definition) is 8. The molecule has 1 aliphatic rings. The maximum Gasteiger partial charge on any atom is 0.253 e. The summed E-state index contributed by atoms with van der Waals surface area (Å²) >= 11 is 0. The van der Waals surface area contributed by atoms with Gasteiger partial charge in [0.25, 0.3) is 5.91 Å². The van der Waals surface area contributed by atoms with Crippen LogP contribution in [0.15, 0.2) is 29.3 Å². The Morgan fingerprint density at radius 3 is 2.71 bits per heavy atom. The van der Waals surface area contributed by atoms with Crippen molar-refractivity contribution in [2.24, 2.45) is 0 Å². The number of anilines is 1. The lowest BCUT2D eigenvalue weighted by Crippen LogP contribution is -2.40. The molecule has 2 aromatic rings. The highest BCUT2D eigenvalue weighted by Crippen LogP contribution is 2.28. The van der Waals surface area contributed by atoms with Crippen molar-refractivity contribution < 1.29 is 22.7 Å². The number of rotatable bonds is 5. The van der Waals surface area contributed by atoms with Crippen molar-refractivity contribution in [3.8, 4) is 11.8 Å². The number of aromatic nitrogens is 2. The van der Waals surface area contributed by atoms with E-state index >= 15 is 0 Å². The summed E-state index contributed by atoms with van der Waals surface area (Å²) in [5.74, 6) is -0.353. The molecular formula is C17H19N5O5S. The first kappa shape index (κ1) is 19.8. The van der Waals surface area contributed by atoms with Crippen LogP contribution < -0.4 is 10.5 Å². The molecule has 0 unspecified atom stereocenters. The molecule has 1 saturated heterocycles. The van der Waals surface area contributed by atoms with Gasteiger partial charge in [-0.2, -0.15) is 19.3 Å². The number of nitrogens with two attached hydrogens (primary N) is 1. The van der Waals surface area contributed by atoms with E-state index in [9.17, 15) is 13.2 Å². The quantitative estimate of drug-likeness (QED) is 0.746. The Balaban J connectivity index is 1.91. The van der Waals surface area contributed by atoms with Crippen LogP contribution in [0.5, 0.6) is 5.75 Å². The van der Waals surface area contributed by atoms with Gasteiger partial charge in [0.1, 0.15) is 28.1 Å². The molecule has 0 amide bonds. The lowest BCUT2D eigenvalue weighted by Gasteiger charge is -2.26. The minimum absolute atomic E-state index is 0.0200. The third-order valence-electron chi connectivity index (χ3n) is 4.33. The second-order valence-electron chi connectivity index (χ2n) is 6.04. The Morgan fingerprint density at radius 2 is 2.11 bits per heavy atom. The summed E-state index contributed by atoms with van der Waals surface area (Å²) in [6.45, 7) is 1.13. The van der Waals surface area contributed by atoms with Gasteiger partial charge in [-0.3, -0.25) is 4.79 Å². The molecule has 28 heavy (non-hydrogen) atoms. The van der Waals surface area contributed by atoms with E-state index in [-0.39, 0.29) is 41.5 Å². The van der Waals surface area contributed by atoms with Crippen LogP contribution in [0.1, 0.15) is 15.9 Å². The molecule has 1 aromatic carbocycles. The fraction of sp³-hybridized carbons (Fsp3) is 0.353. The molecule has 0 saturated carbocycles. The zero-order valence-electron chi connectivity index (χ0n) is 15.2. The third kappa shape index (κ3) is 3.70. The molecule has 2 N–H and O–H groups in total. The van der Waals surface area contributed by atoms with Gasteiger partial charge >= 0.3 is 0 Å². The molecule has 0 atom stereocenters. The van der Waals surface area contributed by atoms with Crippen molar-refractivity contribution in [1.82, 2.24) is 14.1 Å². The Kier molecular flexibility index (Phi) is 5.64. The van der Waals surface area contributed by atoms with Crippen molar-refractivity contribution in [3.05, 3.63) is 35.5 Å². The number of methoxy groups -OCH3 is 1. The number of hydrogen-bond donors (Lipinski definition) is 1. The molecule has 0 radical (unpaired) electrons. The molecule has 3 rings (SSSR count). The first-order valence-corrected chi connectivity index (χ1v) is 9.84. The summed E-state index contributed by atoms with van der Waals surface area (Å²) in [6.07, 6.45) is 1.06. The zero-order chi connectivity index (χ0) is 20.3. The summed E-state index contributed by atoms with van der Waals surface area (Å²) in [6, 6.07) is 6.35. The fourth-order valence-electron chi connectivity index (χ4n) is 2.85. The molecule has 0 bridgehead atoms. The smallest absolute Gasteiger partial charge is 0.253 e. The minimum atomic E-state index is -3.81. The highest BCUT2D eigenvalue weighted by atomic mass is 32.2. The average Bonchev–Trinajstić information content (AvgIpc) is 3.09. The van der Waals surface area contributed by atoms with Gasteiger partial charge in [-0.05, 0) is 17.7 Å². The van der Waals surface area contributed by atoms with Crippen LogP contribution in [-0.2, 0) is 21.2 Å². The molecule has 10 nitrogen and oxygen atoms in total. The highest BCUT2D eigenvalue weighted by molar-refractivity contribution is 7.89. The van der Waals surface area contributed by atoms with E-state index in [0.29, 0.717) is 18.8 Å². The van der Waals surface area contributed by atoms with E-state index < -0.39 is 15.9 Å². The van der Waals surface area contributed by atoms with E-state index in [1.807, 2.05) is 6.07 Å². The van der Waals surface area contributed by atoms with Crippen molar-refractivity contribution >= 4 is 21.7 Å². The van der Waals surface area contributed by atoms with Crippen LogP contribution in [0.25, 0.3) is 0 Å². The molecule has 1 fully saturated rings. The Morgan fingerprint density at radius 1 is 1.39 bits per heavy atom. The van der Waals surface area contributed by atoms with Crippen molar-refractivity contribution in [2.75, 3.05) is 39.1 Å². The van der Waals surface area contributed by atoms with Crippen molar-refractivity contribution in [3.63, 3.8) is 0 Å². The van der Waals surface area contributed by atoms with E-state index in [1.54, 1.807) is 6.07 Å². The predicted octanol–water partition coefficient (Wildman–Crippen LogP) is 0.249. The summed E-state index contributed by atoms with van der Waals surface area (Å²) in [5, 5.41) is 12.7. The van der Waals surface area contributed by atoms with Crippen LogP contribution >= 0.6 is 0 Å². The second-order valence-corrected chi connectivity index (χ2v) is 7.95. The number of benzene rings is 1. The molecule has 0 spiro atoms. The van der Waals surface area contributed by atoms with E-state index in [0.717, 1.165) is 4.68 Å². The van der Waals surface area contributed by atoms with Gasteiger partial charge in [0, 0.05) is 13.1 Å². The third-order valence-corrected chi connectivity index (χ3v) is 6.25. The summed E-state index contributed by atoms with van der Waals surface area (Å²) in [5.41, 5.74) is 6.28. The van der Waals surface area contributed by atoms with Crippen LogP contribution in [-0.4, -0.2) is 61.8 Å². The second kappa shape index (κ2) is 7.97. The van der Waals surface area contributed by atoms with Crippen LogP contribution in [0.2, 0.25) is 0 Å². The number of nitrogens with zero attached hydrogens (tertiary/aromatic N) is 4. The zero-order valence-corrected chi connectivity index (χ0v) is 16.0. The summed E-state index contributed by atoms with van der Waals surface area (Å²) in [7, 11) is -2.43. The summed E-state index contributed by atoms with van der Waals surface area (Å²) in [4.78, 5) is 12.5. The molecule has 148 valence electrons. The maximum absolute atomic E-state index is 13.0. The lowest BCUT2D eigenvalue weighted by molar-refractivity contribution is 0.0729. The molecule has 1 aromatic heterocycles. The average molecular weight is 405 g/mol. The van der Waals surface area contributed by atoms with E-state index in [2.05, 4.69) is 5.10 Å². The van der Waals surface area contributed by atoms with Crippen LogP contribution in [0, 0.1) is 11.3 Å². The first-order chi connectivity index (χ1) is 13.4. The van der Waals surface area contributed by atoms with Crippen molar-refractivity contribution in [1.29, 1.82) is 5.26 Å². The molecule has 0 aliphatic carbocycles. The number of nitriles is 1. The number of nitrogen functional groups attached to an aromatic ring is 1. The van der Waals surface area contributed by atoms with Gasteiger partial charge in [-0.25, -0.2) is 8.42 Å². The highest BCUT2D eigenvalue weighted by Gasteiger charge is 2.29. The Bertz CT molecular complexity index is 1030. The topological polar surface area (TPSA) is 141 Å². The Labute approximate surface area is 162 Å². The number of carbonyl (C=O) groups is 1. The van der Waals surface area contributed by atoms with Gasteiger partial charge in [0.2, 0.25) is 10.0 Å². The molecular weight excluding hydrogens is 386 g/mol. The molecule has 2 heterocycles. The number of sulfonamides is 1. The predicted molar refractivity (Wildman–Crippen MR) is 98.3 cm³/mol. The van der Waals surface area contributed by atoms with Gasteiger partial charge in [0.05, 0.1) is 32.9 Å². The SMILES string of the molecule is COc1ccc(CC(=O)n2ncc(C#N)c2N)cc1S(=O)(=O)N1CCOCC1. The molecule has 11 heteroatoms. The largest absolute Gasteiger partial charge is 0.495 e. The number of morpholine rings is 1. The number of carbonyl (C=O) groups excluding carboxylic acids is 1. The van der Waals surface area contributed by atoms with Gasteiger partial charge in [-0.1, -0.05) is 6.07 Å². The van der Waals surface area contributed by atoms with Gasteiger partial charge in [0.15, 0.2) is 0 Å². The Hall–Kier alpha value is -2.94. The fourth-order valence-corrected chi connectivity index (χ4v) is 4.46. The first-order valence-electron chi connectivity index (χ1n) is 8.40. The van der Waals surface area contributed by atoms with E-state index in [1.165, 1.54) is 29.7 Å². The van der Waals surface area contributed by atoms with Crippen molar-refractivity contribution in [2.45, 2.75) is 11.3 Å². The number of ether oxygens (including phenoxy) is 2. The molecule has 1 aliphatic heterocycles. The van der Waals surface area contributed by atoms with E-state index in [4.69, 9.17) is 20.5 Å². The standard InChI is InChI=1S/C17H19N5O5S/c1-26-14-3-2-12(9-16(23)22-17(19)13(10-18)11-20-22)8-15(14)28(24,25)21-4-6-27-7-5-21/h2-3,8,11H,4-7,9,19H2,1H3. The summed E-state index contributed by atoms with van der Waals surface area (Å²) < 4.78 is 38.7.